The van der Waals surface area contributed by atoms with E-state index in [1.807, 2.05) is 0 Å². The second-order valence-electron chi connectivity index (χ2n) is 2.66. The van der Waals surface area contributed by atoms with Crippen molar-refractivity contribution in [3.8, 4) is 0 Å². The highest BCUT2D eigenvalue weighted by atomic mass is 16.6. The number of hydrogen-bond donors (Lipinski definition) is 2. The molecule has 0 fully saturated rings. The van der Waals surface area contributed by atoms with Gasteiger partial charge < -0.3 is 4.84 Å². The van der Waals surface area contributed by atoms with Crippen molar-refractivity contribution in [3.05, 3.63) is 22.0 Å². The fourth-order valence-corrected chi connectivity index (χ4v) is 1.03. The van der Waals surface area contributed by atoms with Gasteiger partial charge in [-0.25, -0.2) is 5.90 Å². The van der Waals surface area contributed by atoms with Gasteiger partial charge in [-0.3, -0.25) is 15.2 Å². The number of H-pyrrole nitrogens is 1. The monoisotopic (exact) mass is 186 g/mol. The van der Waals surface area contributed by atoms with Crippen LogP contribution >= 0.6 is 0 Å². The SMILES string of the molecule is CC(CON)c1[nH]ncc1[N+](=O)[O-]. The average Bonchev–Trinajstić information content (AvgIpc) is 2.52. The van der Waals surface area contributed by atoms with Gasteiger partial charge in [0, 0.05) is 5.92 Å². The van der Waals surface area contributed by atoms with E-state index in [-0.39, 0.29) is 18.2 Å². The standard InChI is InChI=1S/C6H10N4O3/c1-4(3-13-7)6-5(10(11)12)2-8-9-6/h2,4H,3,7H2,1H3,(H,8,9). The number of nitrogens with zero attached hydrogens (tertiary/aromatic N) is 2. The lowest BCUT2D eigenvalue weighted by Crippen LogP contribution is -2.10. The van der Waals surface area contributed by atoms with Crippen molar-refractivity contribution >= 4 is 5.69 Å². The zero-order valence-electron chi connectivity index (χ0n) is 7.06. The number of nitrogens with one attached hydrogen (secondary N) is 1. The lowest BCUT2D eigenvalue weighted by molar-refractivity contribution is -0.385. The van der Waals surface area contributed by atoms with Crippen molar-refractivity contribution in [1.29, 1.82) is 0 Å². The Morgan fingerprint density at radius 2 is 2.62 bits per heavy atom. The summed E-state index contributed by atoms with van der Waals surface area (Å²) in [4.78, 5) is 14.4. The maximum absolute atomic E-state index is 10.5. The number of hydrogen-bond acceptors (Lipinski definition) is 5. The predicted molar refractivity (Wildman–Crippen MR) is 43.8 cm³/mol. The molecule has 0 spiro atoms. The third-order valence-electron chi connectivity index (χ3n) is 1.68. The van der Waals surface area contributed by atoms with Crippen LogP contribution in [-0.4, -0.2) is 21.7 Å². The van der Waals surface area contributed by atoms with Gasteiger partial charge in [0.1, 0.15) is 11.9 Å². The van der Waals surface area contributed by atoms with Crippen LogP contribution in [0.15, 0.2) is 6.20 Å². The van der Waals surface area contributed by atoms with E-state index in [2.05, 4.69) is 15.0 Å². The minimum atomic E-state index is -0.494. The molecule has 1 unspecified atom stereocenters. The summed E-state index contributed by atoms with van der Waals surface area (Å²) in [6, 6.07) is 0. The van der Waals surface area contributed by atoms with Crippen molar-refractivity contribution in [2.24, 2.45) is 5.90 Å². The van der Waals surface area contributed by atoms with E-state index in [9.17, 15) is 10.1 Å². The molecule has 0 aliphatic rings. The topological polar surface area (TPSA) is 107 Å². The van der Waals surface area contributed by atoms with Gasteiger partial charge in [-0.2, -0.15) is 5.10 Å². The number of aromatic amines is 1. The molecule has 0 amide bonds. The van der Waals surface area contributed by atoms with E-state index < -0.39 is 4.92 Å². The summed E-state index contributed by atoms with van der Waals surface area (Å²) in [5.41, 5.74) is 0.389. The van der Waals surface area contributed by atoms with E-state index in [0.717, 1.165) is 0 Å². The summed E-state index contributed by atoms with van der Waals surface area (Å²) in [7, 11) is 0. The van der Waals surface area contributed by atoms with Gasteiger partial charge in [0.2, 0.25) is 0 Å². The normalized spacial score (nSPS) is 12.8. The first-order chi connectivity index (χ1) is 6.16. The van der Waals surface area contributed by atoms with E-state index >= 15 is 0 Å². The van der Waals surface area contributed by atoms with Crippen LogP contribution in [0.2, 0.25) is 0 Å². The molecule has 3 N–H and O–H groups in total. The second-order valence-corrected chi connectivity index (χ2v) is 2.66. The minimum absolute atomic E-state index is 0.0375. The third-order valence-corrected chi connectivity index (χ3v) is 1.68. The molecule has 0 aliphatic carbocycles. The van der Waals surface area contributed by atoms with Gasteiger partial charge in [0.25, 0.3) is 0 Å². The van der Waals surface area contributed by atoms with Crippen LogP contribution in [0.4, 0.5) is 5.69 Å². The van der Waals surface area contributed by atoms with E-state index in [0.29, 0.717) is 5.69 Å². The molecule has 0 aliphatic heterocycles. The first-order valence-corrected chi connectivity index (χ1v) is 3.66. The predicted octanol–water partition coefficient (Wildman–Crippen LogP) is 0.312. The molecule has 1 atom stereocenters. The van der Waals surface area contributed by atoms with Crippen molar-refractivity contribution < 1.29 is 9.76 Å². The van der Waals surface area contributed by atoms with Crippen LogP contribution in [0.5, 0.6) is 0 Å². The lowest BCUT2D eigenvalue weighted by atomic mass is 10.1. The quantitative estimate of drug-likeness (QED) is 0.519. The maximum atomic E-state index is 10.5. The first-order valence-electron chi connectivity index (χ1n) is 3.66. The summed E-state index contributed by atoms with van der Waals surface area (Å²) < 4.78 is 0. The Labute approximate surface area is 74.0 Å². The van der Waals surface area contributed by atoms with Crippen LogP contribution in [0.3, 0.4) is 0 Å². The molecule has 0 radical (unpaired) electrons. The van der Waals surface area contributed by atoms with Gasteiger partial charge in [0.15, 0.2) is 0 Å². The molecular weight excluding hydrogens is 176 g/mol. The second kappa shape index (κ2) is 3.97. The van der Waals surface area contributed by atoms with E-state index in [1.54, 1.807) is 6.92 Å². The fourth-order valence-electron chi connectivity index (χ4n) is 1.03. The molecule has 0 saturated carbocycles. The van der Waals surface area contributed by atoms with Crippen molar-refractivity contribution in [3.63, 3.8) is 0 Å². The molecule has 0 aromatic carbocycles. The molecule has 13 heavy (non-hydrogen) atoms. The smallest absolute Gasteiger partial charge is 0.304 e. The van der Waals surface area contributed by atoms with E-state index in [1.165, 1.54) is 6.20 Å². The summed E-state index contributed by atoms with van der Waals surface area (Å²) in [6.07, 6.45) is 1.17. The Kier molecular flexibility index (Phi) is 2.93. The van der Waals surface area contributed by atoms with Crippen LogP contribution in [0.25, 0.3) is 0 Å². The molecular formula is C6H10N4O3. The fraction of sp³-hybridized carbons (Fsp3) is 0.500. The van der Waals surface area contributed by atoms with Crippen LogP contribution in [0, 0.1) is 10.1 Å². The van der Waals surface area contributed by atoms with E-state index in [4.69, 9.17) is 5.90 Å². The highest BCUT2D eigenvalue weighted by Gasteiger charge is 2.21. The number of aromatic nitrogens is 2. The molecule has 1 aromatic heterocycles. The van der Waals surface area contributed by atoms with Crippen LogP contribution < -0.4 is 5.90 Å². The van der Waals surface area contributed by atoms with Crippen LogP contribution in [-0.2, 0) is 4.84 Å². The van der Waals surface area contributed by atoms with Crippen molar-refractivity contribution in [1.82, 2.24) is 10.2 Å². The summed E-state index contributed by atoms with van der Waals surface area (Å²) in [6.45, 7) is 1.97. The third kappa shape index (κ3) is 2.01. The Hall–Kier alpha value is -1.47. The zero-order chi connectivity index (χ0) is 9.84. The Morgan fingerprint density at radius 1 is 1.92 bits per heavy atom. The molecule has 7 heteroatoms. The van der Waals surface area contributed by atoms with Gasteiger partial charge in [0.05, 0.1) is 11.5 Å². The van der Waals surface area contributed by atoms with Crippen LogP contribution in [0.1, 0.15) is 18.5 Å². The molecule has 72 valence electrons. The first kappa shape index (κ1) is 9.62. The van der Waals surface area contributed by atoms with Crippen molar-refractivity contribution in [2.45, 2.75) is 12.8 Å². The van der Waals surface area contributed by atoms with Crippen molar-refractivity contribution in [2.75, 3.05) is 6.61 Å². The van der Waals surface area contributed by atoms with Gasteiger partial charge in [-0.05, 0) is 0 Å². The zero-order valence-corrected chi connectivity index (χ0v) is 7.06. The summed E-state index contributed by atoms with van der Waals surface area (Å²) >= 11 is 0. The Bertz CT molecular complexity index is 298. The molecule has 1 rings (SSSR count). The Morgan fingerprint density at radius 3 is 3.15 bits per heavy atom. The highest BCUT2D eigenvalue weighted by molar-refractivity contribution is 5.34. The lowest BCUT2D eigenvalue weighted by Gasteiger charge is -2.05. The average molecular weight is 186 g/mol. The molecule has 0 bridgehead atoms. The molecule has 1 heterocycles. The summed E-state index contributed by atoms with van der Waals surface area (Å²) in [5.74, 6) is 4.68. The molecule has 1 aromatic rings. The summed E-state index contributed by atoms with van der Waals surface area (Å²) in [5, 5.41) is 16.6. The number of nitro groups is 1. The van der Waals surface area contributed by atoms with Gasteiger partial charge in [-0.15, -0.1) is 0 Å². The number of rotatable bonds is 4. The minimum Gasteiger partial charge on any atom is -0.304 e. The number of nitrogens with two attached hydrogens (primary N) is 1. The largest absolute Gasteiger partial charge is 0.310 e. The highest BCUT2D eigenvalue weighted by Crippen LogP contribution is 2.23. The molecule has 0 saturated heterocycles. The van der Waals surface area contributed by atoms with Gasteiger partial charge in [-0.1, -0.05) is 6.92 Å². The molecule has 7 nitrogen and oxygen atoms in total. The Balaban J connectivity index is 2.86. The van der Waals surface area contributed by atoms with Gasteiger partial charge >= 0.3 is 5.69 Å². The maximum Gasteiger partial charge on any atom is 0.310 e.